The first-order valence-electron chi connectivity index (χ1n) is 9.79. The Kier molecular flexibility index (Phi) is 7.67. The van der Waals surface area contributed by atoms with Gasteiger partial charge >= 0.3 is 20.2 Å². The number of hydrogen-bond donors (Lipinski definition) is 7. The molecule has 0 aliphatic carbocycles. The molecule has 7 N–H and O–H groups in total. The zero-order valence-corrected chi connectivity index (χ0v) is 17.2. The lowest BCUT2D eigenvalue weighted by atomic mass is 9.80. The predicted molar refractivity (Wildman–Crippen MR) is 121 cm³/mol. The Hall–Kier alpha value is -3.44. The Labute approximate surface area is 188 Å². The van der Waals surface area contributed by atoms with Crippen LogP contribution in [0.25, 0.3) is 0 Å². The van der Waals surface area contributed by atoms with Crippen LogP contribution >= 0.6 is 0 Å². The van der Waals surface area contributed by atoms with Crippen molar-refractivity contribution in [1.82, 2.24) is 0 Å². The Morgan fingerprint density at radius 1 is 0.727 bits per heavy atom. The highest BCUT2D eigenvalue weighted by Crippen LogP contribution is 2.17. The number of rotatable bonds is 9. The first kappa shape index (κ1) is 24.2. The second kappa shape index (κ2) is 10.5. The van der Waals surface area contributed by atoms with E-state index in [1.807, 2.05) is 0 Å². The van der Waals surface area contributed by atoms with E-state index < -0.39 is 31.8 Å². The van der Waals surface area contributed by atoms with Crippen LogP contribution in [0.15, 0.2) is 54.6 Å². The van der Waals surface area contributed by atoms with Crippen LogP contribution in [0.2, 0.25) is 0 Å². The predicted octanol–water partition coefficient (Wildman–Crippen LogP) is 0.247. The lowest BCUT2D eigenvalue weighted by molar-refractivity contribution is 0.0696. The fourth-order valence-corrected chi connectivity index (χ4v) is 3.19. The van der Waals surface area contributed by atoms with Gasteiger partial charge < -0.3 is 35.8 Å². The molecule has 3 aromatic rings. The van der Waals surface area contributed by atoms with E-state index in [-0.39, 0.29) is 29.6 Å². The van der Waals surface area contributed by atoms with Crippen molar-refractivity contribution in [1.29, 1.82) is 0 Å². The second-order valence-electron chi connectivity index (χ2n) is 7.27. The number of anilines is 2. The van der Waals surface area contributed by atoms with Gasteiger partial charge in [-0.15, -0.1) is 0 Å². The molecule has 0 atom stereocenters. The van der Waals surface area contributed by atoms with Crippen molar-refractivity contribution in [2.24, 2.45) is 0 Å². The molecule has 0 aliphatic heterocycles. The maximum atomic E-state index is 13.9. The number of hydrogen-bond acceptors (Lipinski definition) is 7. The van der Waals surface area contributed by atoms with Crippen molar-refractivity contribution in [3.05, 3.63) is 82.9 Å². The molecule has 0 bridgehead atoms. The SMILES string of the molecule is O=C(O)c1cc(CNc2ccc(B(O)O)c(F)c2)cc(CNc2ccc(B(O)O)c(F)c2)c1. The van der Waals surface area contributed by atoms with Crippen molar-refractivity contribution in [2.75, 3.05) is 10.6 Å². The van der Waals surface area contributed by atoms with E-state index in [9.17, 15) is 18.7 Å². The molecule has 0 aromatic heterocycles. The Balaban J connectivity index is 1.73. The fourth-order valence-electron chi connectivity index (χ4n) is 3.19. The van der Waals surface area contributed by atoms with Gasteiger partial charge in [-0.05, 0) is 47.5 Å². The van der Waals surface area contributed by atoms with E-state index in [0.29, 0.717) is 22.5 Å². The lowest BCUT2D eigenvalue weighted by Gasteiger charge is -2.13. The molecule has 3 aromatic carbocycles. The molecule has 8 nitrogen and oxygen atoms in total. The average molecular weight is 456 g/mol. The largest absolute Gasteiger partial charge is 0.491 e. The third kappa shape index (κ3) is 6.30. The molecule has 0 saturated carbocycles. The van der Waals surface area contributed by atoms with E-state index in [1.165, 1.54) is 36.4 Å². The zero-order valence-electron chi connectivity index (χ0n) is 17.2. The number of aromatic carboxylic acids is 1. The molecular weight excluding hydrogens is 436 g/mol. The van der Waals surface area contributed by atoms with Crippen LogP contribution in [0.1, 0.15) is 21.5 Å². The van der Waals surface area contributed by atoms with E-state index >= 15 is 0 Å². The van der Waals surface area contributed by atoms with Gasteiger partial charge in [0.15, 0.2) is 0 Å². The molecule has 3 rings (SSSR count). The third-order valence-corrected chi connectivity index (χ3v) is 4.85. The summed E-state index contributed by atoms with van der Waals surface area (Å²) in [6.07, 6.45) is 0. The molecule has 170 valence electrons. The van der Waals surface area contributed by atoms with E-state index in [1.54, 1.807) is 6.07 Å². The maximum absolute atomic E-state index is 13.9. The molecule has 0 amide bonds. The molecule has 0 radical (unpaired) electrons. The topological polar surface area (TPSA) is 142 Å². The van der Waals surface area contributed by atoms with Crippen LogP contribution in [-0.2, 0) is 13.1 Å². The number of carboxylic acids is 1. The highest BCUT2D eigenvalue weighted by molar-refractivity contribution is 6.59. The van der Waals surface area contributed by atoms with Gasteiger partial charge in [0.1, 0.15) is 11.6 Å². The molecule has 0 saturated heterocycles. The zero-order chi connectivity index (χ0) is 24.1. The molecular formula is C21H20B2F2N2O6. The Morgan fingerprint density at radius 3 is 1.48 bits per heavy atom. The van der Waals surface area contributed by atoms with Crippen molar-refractivity contribution >= 4 is 42.5 Å². The second-order valence-corrected chi connectivity index (χ2v) is 7.27. The minimum Gasteiger partial charge on any atom is -0.478 e. The van der Waals surface area contributed by atoms with Crippen LogP contribution in [-0.4, -0.2) is 45.4 Å². The van der Waals surface area contributed by atoms with Crippen molar-refractivity contribution in [3.63, 3.8) is 0 Å². The lowest BCUT2D eigenvalue weighted by Crippen LogP contribution is -2.32. The molecule has 0 heterocycles. The summed E-state index contributed by atoms with van der Waals surface area (Å²) in [7, 11) is -3.86. The molecule has 12 heteroatoms. The minimum atomic E-state index is -1.93. The third-order valence-electron chi connectivity index (χ3n) is 4.85. The van der Waals surface area contributed by atoms with Gasteiger partial charge in [0.05, 0.1) is 5.56 Å². The normalized spacial score (nSPS) is 10.6. The summed E-state index contributed by atoms with van der Waals surface area (Å²) >= 11 is 0. The summed E-state index contributed by atoms with van der Waals surface area (Å²) in [5.41, 5.74) is 1.39. The van der Waals surface area contributed by atoms with Crippen LogP contribution in [0.3, 0.4) is 0 Å². The number of carboxylic acid groups (broad SMARTS) is 1. The first-order chi connectivity index (χ1) is 15.6. The Bertz CT molecular complexity index is 1080. The van der Waals surface area contributed by atoms with Gasteiger partial charge in [0.25, 0.3) is 0 Å². The highest BCUT2D eigenvalue weighted by atomic mass is 19.1. The summed E-state index contributed by atoms with van der Waals surface area (Å²) in [6, 6.07) is 12.2. The van der Waals surface area contributed by atoms with Crippen LogP contribution < -0.4 is 21.6 Å². The van der Waals surface area contributed by atoms with Crippen LogP contribution in [0.5, 0.6) is 0 Å². The summed E-state index contributed by atoms with van der Waals surface area (Å²) in [4.78, 5) is 11.5. The van der Waals surface area contributed by atoms with Crippen LogP contribution in [0, 0.1) is 11.6 Å². The minimum absolute atomic E-state index is 0.0287. The van der Waals surface area contributed by atoms with Gasteiger partial charge in [0, 0.05) is 35.4 Å². The molecule has 0 fully saturated rings. The number of halogens is 2. The number of nitrogens with one attached hydrogen (secondary N) is 2. The molecule has 33 heavy (non-hydrogen) atoms. The van der Waals surface area contributed by atoms with Crippen molar-refractivity contribution < 1.29 is 38.8 Å². The average Bonchev–Trinajstić information content (AvgIpc) is 2.75. The van der Waals surface area contributed by atoms with Gasteiger partial charge in [-0.2, -0.15) is 0 Å². The summed E-state index contributed by atoms with van der Waals surface area (Å²) in [5, 5.41) is 51.7. The quantitative estimate of drug-likeness (QED) is 0.227. The van der Waals surface area contributed by atoms with Gasteiger partial charge in [-0.3, -0.25) is 0 Å². The van der Waals surface area contributed by atoms with Gasteiger partial charge in [-0.25, -0.2) is 13.6 Å². The monoisotopic (exact) mass is 456 g/mol. The summed E-state index contributed by atoms with van der Waals surface area (Å²) < 4.78 is 27.8. The highest BCUT2D eigenvalue weighted by Gasteiger charge is 2.17. The number of carbonyl (C=O) groups is 1. The van der Waals surface area contributed by atoms with E-state index in [2.05, 4.69) is 10.6 Å². The fraction of sp³-hybridized carbons (Fsp3) is 0.0952. The Morgan fingerprint density at radius 2 is 1.15 bits per heavy atom. The van der Waals surface area contributed by atoms with Gasteiger partial charge in [0.2, 0.25) is 0 Å². The van der Waals surface area contributed by atoms with Crippen LogP contribution in [0.4, 0.5) is 20.2 Å². The number of benzene rings is 3. The maximum Gasteiger partial charge on any atom is 0.491 e. The molecule has 0 spiro atoms. The molecule has 0 unspecified atom stereocenters. The first-order valence-corrected chi connectivity index (χ1v) is 9.79. The smallest absolute Gasteiger partial charge is 0.478 e. The summed E-state index contributed by atoms with van der Waals surface area (Å²) in [6.45, 7) is 0.318. The van der Waals surface area contributed by atoms with E-state index in [4.69, 9.17) is 20.1 Å². The summed E-state index contributed by atoms with van der Waals surface area (Å²) in [5.74, 6) is -2.74. The van der Waals surface area contributed by atoms with E-state index in [0.717, 1.165) is 12.1 Å². The van der Waals surface area contributed by atoms with Crippen molar-refractivity contribution in [3.8, 4) is 0 Å². The van der Waals surface area contributed by atoms with Gasteiger partial charge in [-0.1, -0.05) is 18.2 Å². The standard InChI is InChI=1S/C21H20B2F2N2O6/c24-19-8-15(1-3-17(19)22(30)31)26-10-12-5-13(7-14(6-12)21(28)29)11-27-16-2-4-18(23(32)33)20(25)9-16/h1-9,26-27,30-33H,10-11H2,(H,28,29). The molecule has 0 aliphatic rings. The van der Waals surface area contributed by atoms with Crippen molar-refractivity contribution in [2.45, 2.75) is 13.1 Å².